The highest BCUT2D eigenvalue weighted by molar-refractivity contribution is 6.34. The summed E-state index contributed by atoms with van der Waals surface area (Å²) >= 11 is 0. The Morgan fingerprint density at radius 2 is 1.95 bits per heavy atom. The number of carbonyl (C=O) groups is 2. The molecule has 1 aromatic heterocycles. The van der Waals surface area contributed by atoms with Gasteiger partial charge in [-0.1, -0.05) is 13.3 Å². The average molecular weight is 277 g/mol. The van der Waals surface area contributed by atoms with Crippen LogP contribution < -0.4 is 5.32 Å². The molecular formula is C15H23N3O2. The second kappa shape index (κ2) is 9.07. The van der Waals surface area contributed by atoms with E-state index in [1.807, 2.05) is 26.0 Å². The first kappa shape index (κ1) is 16.1. The summed E-state index contributed by atoms with van der Waals surface area (Å²) in [6.07, 6.45) is 6.07. The minimum absolute atomic E-state index is 0.447. The summed E-state index contributed by atoms with van der Waals surface area (Å²) in [6, 6.07) is 3.83. The Morgan fingerprint density at radius 1 is 1.25 bits per heavy atom. The lowest BCUT2D eigenvalue weighted by atomic mass is 10.2. The standard InChI is InChI=1S/C15H23N3O2/c1-3-5-9-17-14(19)15(20)18(4-2)12-8-13-6-10-16-11-7-13/h6-7,10-11H,3-5,8-9,12H2,1-2H3,(H,17,19). The largest absolute Gasteiger partial charge is 0.348 e. The van der Waals surface area contributed by atoms with Gasteiger partial charge in [-0.25, -0.2) is 0 Å². The Kier molecular flexibility index (Phi) is 7.32. The fourth-order valence-electron chi connectivity index (χ4n) is 1.81. The van der Waals surface area contributed by atoms with Crippen molar-refractivity contribution in [3.8, 4) is 0 Å². The number of amides is 2. The Bertz CT molecular complexity index is 420. The van der Waals surface area contributed by atoms with Gasteiger partial charge in [0, 0.05) is 32.0 Å². The molecule has 0 radical (unpaired) electrons. The Morgan fingerprint density at radius 3 is 2.55 bits per heavy atom. The van der Waals surface area contributed by atoms with Crippen LogP contribution >= 0.6 is 0 Å². The number of likely N-dealkylation sites (N-methyl/N-ethyl adjacent to an activating group) is 1. The lowest BCUT2D eigenvalue weighted by Crippen LogP contribution is -2.44. The molecule has 1 rings (SSSR count). The van der Waals surface area contributed by atoms with Crippen LogP contribution in [0.5, 0.6) is 0 Å². The third kappa shape index (κ3) is 5.38. The van der Waals surface area contributed by atoms with Crippen LogP contribution in [0.3, 0.4) is 0 Å². The molecular weight excluding hydrogens is 254 g/mol. The number of aromatic nitrogens is 1. The van der Waals surface area contributed by atoms with E-state index in [2.05, 4.69) is 10.3 Å². The van der Waals surface area contributed by atoms with Crippen LogP contribution in [-0.4, -0.2) is 41.3 Å². The number of rotatable bonds is 7. The lowest BCUT2D eigenvalue weighted by molar-refractivity contribution is -0.145. The molecule has 1 aromatic rings. The zero-order valence-corrected chi connectivity index (χ0v) is 12.3. The van der Waals surface area contributed by atoms with Gasteiger partial charge in [-0.05, 0) is 37.5 Å². The molecule has 0 fully saturated rings. The highest BCUT2D eigenvalue weighted by Crippen LogP contribution is 2.00. The van der Waals surface area contributed by atoms with Gasteiger partial charge in [-0.15, -0.1) is 0 Å². The number of carbonyl (C=O) groups excluding carboxylic acids is 2. The van der Waals surface area contributed by atoms with Crippen molar-refractivity contribution in [3.05, 3.63) is 30.1 Å². The van der Waals surface area contributed by atoms with Gasteiger partial charge in [0.15, 0.2) is 0 Å². The lowest BCUT2D eigenvalue weighted by Gasteiger charge is -2.20. The van der Waals surface area contributed by atoms with E-state index in [9.17, 15) is 9.59 Å². The molecule has 0 saturated heterocycles. The zero-order chi connectivity index (χ0) is 14.8. The van der Waals surface area contributed by atoms with Gasteiger partial charge in [0.05, 0.1) is 0 Å². The molecule has 0 saturated carbocycles. The number of pyridine rings is 1. The molecule has 5 nitrogen and oxygen atoms in total. The third-order valence-electron chi connectivity index (χ3n) is 3.10. The van der Waals surface area contributed by atoms with E-state index in [1.165, 1.54) is 0 Å². The number of nitrogens with one attached hydrogen (secondary N) is 1. The van der Waals surface area contributed by atoms with E-state index in [1.54, 1.807) is 17.3 Å². The Labute approximate surface area is 120 Å². The minimum Gasteiger partial charge on any atom is -0.348 e. The quantitative estimate of drug-likeness (QED) is 0.605. The van der Waals surface area contributed by atoms with E-state index in [-0.39, 0.29) is 0 Å². The molecule has 0 spiro atoms. The van der Waals surface area contributed by atoms with Crippen molar-refractivity contribution >= 4 is 11.8 Å². The molecule has 0 unspecified atom stereocenters. The van der Waals surface area contributed by atoms with Gasteiger partial charge >= 0.3 is 11.8 Å². The number of unbranched alkanes of at least 4 members (excludes halogenated alkanes) is 1. The normalized spacial score (nSPS) is 10.1. The second-order valence-corrected chi connectivity index (χ2v) is 4.60. The van der Waals surface area contributed by atoms with Gasteiger partial charge in [-0.3, -0.25) is 14.6 Å². The fourth-order valence-corrected chi connectivity index (χ4v) is 1.81. The van der Waals surface area contributed by atoms with Crippen LogP contribution in [0.4, 0.5) is 0 Å². The highest BCUT2D eigenvalue weighted by Gasteiger charge is 2.19. The summed E-state index contributed by atoms with van der Waals surface area (Å²) in [5.41, 5.74) is 1.11. The van der Waals surface area contributed by atoms with E-state index < -0.39 is 11.8 Å². The summed E-state index contributed by atoms with van der Waals surface area (Å²) in [7, 11) is 0. The van der Waals surface area contributed by atoms with Crippen LogP contribution in [0.25, 0.3) is 0 Å². The van der Waals surface area contributed by atoms with Gasteiger partial charge in [0.25, 0.3) is 0 Å². The van der Waals surface area contributed by atoms with Gasteiger partial charge in [0.1, 0.15) is 0 Å². The second-order valence-electron chi connectivity index (χ2n) is 4.60. The third-order valence-corrected chi connectivity index (χ3v) is 3.10. The molecule has 20 heavy (non-hydrogen) atoms. The van der Waals surface area contributed by atoms with Crippen LogP contribution in [0.2, 0.25) is 0 Å². The van der Waals surface area contributed by atoms with Crippen molar-refractivity contribution in [3.63, 3.8) is 0 Å². The first-order valence-electron chi connectivity index (χ1n) is 7.15. The molecule has 1 N–H and O–H groups in total. The van der Waals surface area contributed by atoms with E-state index >= 15 is 0 Å². The van der Waals surface area contributed by atoms with E-state index in [0.29, 0.717) is 19.6 Å². The van der Waals surface area contributed by atoms with Crippen LogP contribution in [0.15, 0.2) is 24.5 Å². The number of hydrogen-bond donors (Lipinski definition) is 1. The predicted molar refractivity (Wildman–Crippen MR) is 78.1 cm³/mol. The summed E-state index contributed by atoms with van der Waals surface area (Å²) < 4.78 is 0. The SMILES string of the molecule is CCCCNC(=O)C(=O)N(CC)CCc1ccncc1. The maximum Gasteiger partial charge on any atom is 0.311 e. The van der Waals surface area contributed by atoms with Crippen molar-refractivity contribution in [1.82, 2.24) is 15.2 Å². The molecule has 0 aliphatic heterocycles. The molecule has 0 bridgehead atoms. The molecule has 1 heterocycles. The summed E-state index contributed by atoms with van der Waals surface area (Å²) in [5.74, 6) is -0.951. The number of hydrogen-bond acceptors (Lipinski definition) is 3. The molecule has 0 aliphatic rings. The minimum atomic E-state index is -0.505. The van der Waals surface area contributed by atoms with Gasteiger partial charge < -0.3 is 10.2 Å². The molecule has 5 heteroatoms. The predicted octanol–water partition coefficient (Wildman–Crippen LogP) is 1.39. The van der Waals surface area contributed by atoms with Crippen LogP contribution in [0, 0.1) is 0 Å². The van der Waals surface area contributed by atoms with Gasteiger partial charge in [-0.2, -0.15) is 0 Å². The summed E-state index contributed by atoms with van der Waals surface area (Å²) in [4.78, 5) is 29.2. The van der Waals surface area contributed by atoms with E-state index in [0.717, 1.165) is 24.8 Å². The average Bonchev–Trinajstić information content (AvgIpc) is 2.48. The van der Waals surface area contributed by atoms with Crippen LogP contribution in [0.1, 0.15) is 32.3 Å². The fraction of sp³-hybridized carbons (Fsp3) is 0.533. The molecule has 0 atom stereocenters. The van der Waals surface area contributed by atoms with Crippen molar-refractivity contribution < 1.29 is 9.59 Å². The first-order valence-corrected chi connectivity index (χ1v) is 7.15. The summed E-state index contributed by atoms with van der Waals surface area (Å²) in [6.45, 7) is 5.56. The van der Waals surface area contributed by atoms with Gasteiger partial charge in [0.2, 0.25) is 0 Å². The summed E-state index contributed by atoms with van der Waals surface area (Å²) in [5, 5.41) is 2.66. The zero-order valence-electron chi connectivity index (χ0n) is 12.3. The smallest absolute Gasteiger partial charge is 0.311 e. The van der Waals surface area contributed by atoms with E-state index in [4.69, 9.17) is 0 Å². The number of nitrogens with zero attached hydrogens (tertiary/aromatic N) is 2. The van der Waals surface area contributed by atoms with Crippen molar-refractivity contribution in [2.45, 2.75) is 33.1 Å². The molecule has 110 valence electrons. The Hall–Kier alpha value is -1.91. The molecule has 0 aromatic carbocycles. The maximum absolute atomic E-state index is 12.0. The van der Waals surface area contributed by atoms with Crippen molar-refractivity contribution in [2.24, 2.45) is 0 Å². The first-order chi connectivity index (χ1) is 9.69. The Balaban J connectivity index is 2.44. The van der Waals surface area contributed by atoms with Crippen molar-refractivity contribution in [2.75, 3.05) is 19.6 Å². The monoisotopic (exact) mass is 277 g/mol. The van der Waals surface area contributed by atoms with Crippen molar-refractivity contribution in [1.29, 1.82) is 0 Å². The highest BCUT2D eigenvalue weighted by atomic mass is 16.2. The molecule has 2 amide bonds. The topological polar surface area (TPSA) is 62.3 Å². The molecule has 0 aliphatic carbocycles. The maximum atomic E-state index is 12.0. The van der Waals surface area contributed by atoms with Crippen LogP contribution in [-0.2, 0) is 16.0 Å².